The highest BCUT2D eigenvalue weighted by atomic mass is 16.5. The third-order valence-electron chi connectivity index (χ3n) is 4.75. The van der Waals surface area contributed by atoms with Gasteiger partial charge < -0.3 is 19.5 Å². The van der Waals surface area contributed by atoms with Crippen LogP contribution in [0, 0.1) is 5.92 Å². The Morgan fingerprint density at radius 2 is 1.53 bits per heavy atom. The molecule has 7 nitrogen and oxygen atoms in total. The molecule has 0 bridgehead atoms. The van der Waals surface area contributed by atoms with Gasteiger partial charge in [-0.15, -0.1) is 0 Å². The van der Waals surface area contributed by atoms with Crippen molar-refractivity contribution >= 4 is 23.1 Å². The van der Waals surface area contributed by atoms with Crippen LogP contribution in [-0.2, 0) is 9.59 Å². The van der Waals surface area contributed by atoms with Gasteiger partial charge in [0.1, 0.15) is 11.4 Å². The summed E-state index contributed by atoms with van der Waals surface area (Å²) < 4.78 is 15.8. The lowest BCUT2D eigenvalue weighted by atomic mass is 10.0. The fourth-order valence-corrected chi connectivity index (χ4v) is 3.31. The molecule has 0 saturated carbocycles. The molecule has 1 aliphatic rings. The van der Waals surface area contributed by atoms with E-state index in [0.29, 0.717) is 40.6 Å². The summed E-state index contributed by atoms with van der Waals surface area (Å²) >= 11 is 0. The zero-order chi connectivity index (χ0) is 21.8. The topological polar surface area (TPSA) is 77.1 Å². The first-order valence-electron chi connectivity index (χ1n) is 9.63. The van der Waals surface area contributed by atoms with Gasteiger partial charge in [0.25, 0.3) is 11.8 Å². The molecule has 0 aliphatic carbocycles. The second kappa shape index (κ2) is 8.90. The molecule has 0 atom stereocenters. The zero-order valence-corrected chi connectivity index (χ0v) is 17.8. The average Bonchev–Trinajstić information content (AvgIpc) is 2.97. The number of amides is 2. The molecule has 0 saturated heterocycles. The van der Waals surface area contributed by atoms with Crippen molar-refractivity contribution in [1.29, 1.82) is 0 Å². The number of imide groups is 1. The number of hydrogen-bond donors (Lipinski definition) is 1. The Bertz CT molecular complexity index is 980. The number of methoxy groups -OCH3 is 3. The quantitative estimate of drug-likeness (QED) is 0.671. The van der Waals surface area contributed by atoms with Crippen molar-refractivity contribution in [3.8, 4) is 17.2 Å². The number of benzene rings is 2. The highest BCUT2D eigenvalue weighted by molar-refractivity contribution is 6.36. The summed E-state index contributed by atoms with van der Waals surface area (Å²) in [6.07, 6.45) is 0. The molecule has 0 aromatic heterocycles. The summed E-state index contributed by atoms with van der Waals surface area (Å²) in [4.78, 5) is 27.6. The van der Waals surface area contributed by atoms with Crippen molar-refractivity contribution in [3.05, 3.63) is 53.7 Å². The van der Waals surface area contributed by atoms with Gasteiger partial charge in [0.2, 0.25) is 0 Å². The van der Waals surface area contributed by atoms with Gasteiger partial charge in [-0.2, -0.15) is 0 Å². The minimum atomic E-state index is -0.352. The molecule has 2 aromatic carbocycles. The second-order valence-corrected chi connectivity index (χ2v) is 7.29. The van der Waals surface area contributed by atoms with Gasteiger partial charge in [-0.05, 0) is 35.7 Å². The van der Waals surface area contributed by atoms with E-state index in [1.54, 1.807) is 56.7 Å². The van der Waals surface area contributed by atoms with Crippen LogP contribution in [0.25, 0.3) is 5.57 Å². The Labute approximate surface area is 176 Å². The summed E-state index contributed by atoms with van der Waals surface area (Å²) in [6.45, 7) is 4.27. The Morgan fingerprint density at radius 1 is 0.867 bits per heavy atom. The number of rotatable bonds is 8. The number of ether oxygens (including phenoxy) is 3. The van der Waals surface area contributed by atoms with E-state index in [2.05, 4.69) is 5.32 Å². The minimum Gasteiger partial charge on any atom is -0.497 e. The van der Waals surface area contributed by atoms with E-state index in [0.717, 1.165) is 0 Å². The van der Waals surface area contributed by atoms with Crippen LogP contribution in [0.3, 0.4) is 0 Å². The van der Waals surface area contributed by atoms with Crippen LogP contribution >= 0.6 is 0 Å². The molecule has 2 amide bonds. The number of nitrogens with one attached hydrogen (secondary N) is 1. The maximum absolute atomic E-state index is 13.2. The summed E-state index contributed by atoms with van der Waals surface area (Å²) in [7, 11) is 4.67. The third kappa shape index (κ3) is 4.10. The predicted molar refractivity (Wildman–Crippen MR) is 115 cm³/mol. The Morgan fingerprint density at radius 3 is 2.10 bits per heavy atom. The molecule has 30 heavy (non-hydrogen) atoms. The van der Waals surface area contributed by atoms with Crippen LogP contribution in [0.5, 0.6) is 17.2 Å². The van der Waals surface area contributed by atoms with Gasteiger partial charge in [-0.3, -0.25) is 14.5 Å². The van der Waals surface area contributed by atoms with Gasteiger partial charge in [0.05, 0.1) is 26.9 Å². The largest absolute Gasteiger partial charge is 0.497 e. The lowest BCUT2D eigenvalue weighted by molar-refractivity contribution is -0.137. The number of carbonyl (C=O) groups excluding carboxylic acids is 2. The van der Waals surface area contributed by atoms with Crippen LogP contribution in [0.4, 0.5) is 5.69 Å². The smallest absolute Gasteiger partial charge is 0.278 e. The highest BCUT2D eigenvalue weighted by Crippen LogP contribution is 2.34. The molecule has 3 rings (SSSR count). The average molecular weight is 410 g/mol. The maximum atomic E-state index is 13.2. The second-order valence-electron chi connectivity index (χ2n) is 7.29. The summed E-state index contributed by atoms with van der Waals surface area (Å²) in [5.74, 6) is 1.24. The Hall–Kier alpha value is -3.48. The Balaban J connectivity index is 2.05. The number of nitrogens with zero attached hydrogens (tertiary/aromatic N) is 1. The zero-order valence-electron chi connectivity index (χ0n) is 17.8. The molecular weight excluding hydrogens is 384 g/mol. The molecule has 1 aliphatic heterocycles. The van der Waals surface area contributed by atoms with E-state index < -0.39 is 0 Å². The number of anilines is 1. The summed E-state index contributed by atoms with van der Waals surface area (Å²) in [6, 6.07) is 12.3. The van der Waals surface area contributed by atoms with E-state index >= 15 is 0 Å². The third-order valence-corrected chi connectivity index (χ3v) is 4.75. The van der Waals surface area contributed by atoms with Crippen molar-refractivity contribution in [2.75, 3.05) is 33.2 Å². The van der Waals surface area contributed by atoms with Crippen molar-refractivity contribution < 1.29 is 23.8 Å². The van der Waals surface area contributed by atoms with Gasteiger partial charge >= 0.3 is 0 Å². The van der Waals surface area contributed by atoms with Crippen molar-refractivity contribution in [2.45, 2.75) is 13.8 Å². The van der Waals surface area contributed by atoms with E-state index in [1.807, 2.05) is 13.8 Å². The SMILES string of the molecule is COc1ccc(C2=C(Nc3ccc(OC)c(OC)c3)C(=O)N(CC(C)C)C2=O)cc1. The molecule has 1 heterocycles. The molecule has 1 N–H and O–H groups in total. The minimum absolute atomic E-state index is 0.149. The first kappa shape index (κ1) is 21.2. The molecule has 0 fully saturated rings. The molecule has 0 spiro atoms. The monoisotopic (exact) mass is 410 g/mol. The lowest BCUT2D eigenvalue weighted by Gasteiger charge is -2.17. The molecule has 158 valence electrons. The molecule has 7 heteroatoms. The summed E-state index contributed by atoms with van der Waals surface area (Å²) in [5.41, 5.74) is 1.82. The van der Waals surface area contributed by atoms with E-state index in [4.69, 9.17) is 14.2 Å². The lowest BCUT2D eigenvalue weighted by Crippen LogP contribution is -2.35. The van der Waals surface area contributed by atoms with Crippen LogP contribution in [-0.4, -0.2) is 44.6 Å². The normalized spacial score (nSPS) is 13.9. The highest BCUT2D eigenvalue weighted by Gasteiger charge is 2.39. The standard InChI is InChI=1S/C23H26N2O5/c1-14(2)13-25-22(26)20(15-6-9-17(28-3)10-7-15)21(23(25)27)24-16-8-11-18(29-4)19(12-16)30-5/h6-12,14,24H,13H2,1-5H3. The first-order chi connectivity index (χ1) is 14.4. The Kier molecular flexibility index (Phi) is 6.30. The fraction of sp³-hybridized carbons (Fsp3) is 0.304. The van der Waals surface area contributed by atoms with Crippen LogP contribution in [0.2, 0.25) is 0 Å². The van der Waals surface area contributed by atoms with Crippen LogP contribution in [0.1, 0.15) is 19.4 Å². The van der Waals surface area contributed by atoms with Crippen molar-refractivity contribution in [2.24, 2.45) is 5.92 Å². The van der Waals surface area contributed by atoms with Crippen molar-refractivity contribution in [1.82, 2.24) is 4.90 Å². The van der Waals surface area contributed by atoms with Crippen molar-refractivity contribution in [3.63, 3.8) is 0 Å². The maximum Gasteiger partial charge on any atom is 0.278 e. The number of hydrogen-bond acceptors (Lipinski definition) is 6. The molecule has 0 unspecified atom stereocenters. The van der Waals surface area contributed by atoms with E-state index in [1.165, 1.54) is 12.0 Å². The molecule has 0 radical (unpaired) electrons. The van der Waals surface area contributed by atoms with Crippen LogP contribution < -0.4 is 19.5 Å². The van der Waals surface area contributed by atoms with Crippen LogP contribution in [0.15, 0.2) is 48.2 Å². The fourth-order valence-electron chi connectivity index (χ4n) is 3.31. The molecule has 2 aromatic rings. The van der Waals surface area contributed by atoms with Gasteiger partial charge in [0.15, 0.2) is 11.5 Å². The first-order valence-corrected chi connectivity index (χ1v) is 9.63. The van der Waals surface area contributed by atoms with E-state index in [9.17, 15) is 9.59 Å². The van der Waals surface area contributed by atoms with Gasteiger partial charge in [-0.25, -0.2) is 0 Å². The number of carbonyl (C=O) groups is 2. The summed E-state index contributed by atoms with van der Waals surface area (Å²) in [5, 5.41) is 3.13. The predicted octanol–water partition coefficient (Wildman–Crippen LogP) is 3.56. The van der Waals surface area contributed by atoms with Gasteiger partial charge in [-0.1, -0.05) is 26.0 Å². The molecular formula is C23H26N2O5. The van der Waals surface area contributed by atoms with Gasteiger partial charge in [0, 0.05) is 18.3 Å². The van der Waals surface area contributed by atoms with E-state index in [-0.39, 0.29) is 23.4 Å².